The molecule has 9 nitrogen and oxygen atoms in total. The predicted octanol–water partition coefficient (Wildman–Crippen LogP) is -0.307. The highest BCUT2D eigenvalue weighted by Crippen LogP contribution is 2.34. The van der Waals surface area contributed by atoms with Gasteiger partial charge in [0.25, 0.3) is 0 Å². The van der Waals surface area contributed by atoms with Crippen molar-refractivity contribution in [2.75, 3.05) is 19.6 Å². The lowest BCUT2D eigenvalue weighted by Gasteiger charge is -2.40. The monoisotopic (exact) mass is 392 g/mol. The van der Waals surface area contributed by atoms with Crippen molar-refractivity contribution in [1.29, 1.82) is 0 Å². The number of nitrogens with one attached hydrogen (secondary N) is 1. The highest BCUT2D eigenvalue weighted by Gasteiger charge is 2.38. The van der Waals surface area contributed by atoms with Gasteiger partial charge in [0.05, 0.1) is 19.1 Å². The molecule has 1 aromatic carbocycles. The molecule has 2 heterocycles. The topological polar surface area (TPSA) is 140 Å². The normalized spacial score (nSPS) is 22.0. The Hall–Kier alpha value is -2.30. The van der Waals surface area contributed by atoms with Gasteiger partial charge in [-0.3, -0.25) is 4.79 Å². The van der Waals surface area contributed by atoms with E-state index in [0.717, 1.165) is 13.0 Å². The SMILES string of the molecule is C[C@@H]1CN[C@H](C(=O)N2CC(Oc3ccc(CCB(O)O)c(O)c3C(=O)O)C2)C1. The Bertz CT molecular complexity index is 752. The molecule has 0 unspecified atom stereocenters. The molecule has 2 saturated heterocycles. The zero-order valence-corrected chi connectivity index (χ0v) is 15.7. The summed E-state index contributed by atoms with van der Waals surface area (Å²) >= 11 is 0. The van der Waals surface area contributed by atoms with Crippen LogP contribution < -0.4 is 10.1 Å². The van der Waals surface area contributed by atoms with Crippen LogP contribution >= 0.6 is 0 Å². The van der Waals surface area contributed by atoms with Gasteiger partial charge in [0.15, 0.2) is 0 Å². The molecule has 2 aliphatic heterocycles. The molecule has 28 heavy (non-hydrogen) atoms. The van der Waals surface area contributed by atoms with Crippen LogP contribution in [0.3, 0.4) is 0 Å². The number of phenols is 1. The van der Waals surface area contributed by atoms with Crippen molar-refractivity contribution in [2.45, 2.75) is 38.2 Å². The summed E-state index contributed by atoms with van der Waals surface area (Å²) in [5, 5.41) is 40.8. The van der Waals surface area contributed by atoms with Crippen LogP contribution in [0.25, 0.3) is 0 Å². The molecule has 0 aliphatic carbocycles. The number of nitrogens with zero attached hydrogens (tertiary/aromatic N) is 1. The maximum atomic E-state index is 12.4. The molecular formula is C18H25BN2O7. The summed E-state index contributed by atoms with van der Waals surface area (Å²) in [6, 6.07) is 2.79. The van der Waals surface area contributed by atoms with Gasteiger partial charge in [0.2, 0.25) is 5.91 Å². The van der Waals surface area contributed by atoms with Crippen molar-refractivity contribution in [3.05, 3.63) is 23.3 Å². The van der Waals surface area contributed by atoms with Gasteiger partial charge in [-0.1, -0.05) is 13.0 Å². The second-order valence-electron chi connectivity index (χ2n) is 7.56. The number of benzene rings is 1. The van der Waals surface area contributed by atoms with Crippen LogP contribution in [0, 0.1) is 5.92 Å². The van der Waals surface area contributed by atoms with Gasteiger partial charge in [0, 0.05) is 0 Å². The van der Waals surface area contributed by atoms with Crippen molar-refractivity contribution in [2.24, 2.45) is 5.92 Å². The molecule has 2 aliphatic rings. The fourth-order valence-corrected chi connectivity index (χ4v) is 3.60. The average Bonchev–Trinajstić information content (AvgIpc) is 3.02. The Morgan fingerprint density at radius 3 is 2.61 bits per heavy atom. The lowest BCUT2D eigenvalue weighted by molar-refractivity contribution is -0.142. The van der Waals surface area contributed by atoms with Crippen LogP contribution in [0.1, 0.15) is 29.3 Å². The third-order valence-corrected chi connectivity index (χ3v) is 5.21. The number of hydrogen-bond donors (Lipinski definition) is 5. The largest absolute Gasteiger partial charge is 0.507 e. The van der Waals surface area contributed by atoms with Crippen molar-refractivity contribution in [1.82, 2.24) is 10.2 Å². The third-order valence-electron chi connectivity index (χ3n) is 5.21. The zero-order chi connectivity index (χ0) is 20.4. The van der Waals surface area contributed by atoms with Gasteiger partial charge in [0.1, 0.15) is 23.2 Å². The van der Waals surface area contributed by atoms with Crippen molar-refractivity contribution >= 4 is 19.0 Å². The van der Waals surface area contributed by atoms with Crippen molar-refractivity contribution < 1.29 is 34.6 Å². The molecule has 2 fully saturated rings. The quantitative estimate of drug-likeness (QED) is 0.399. The molecule has 5 N–H and O–H groups in total. The van der Waals surface area contributed by atoms with E-state index in [4.69, 9.17) is 14.8 Å². The minimum absolute atomic E-state index is 0.0274. The maximum Gasteiger partial charge on any atom is 0.451 e. The van der Waals surface area contributed by atoms with E-state index in [1.165, 1.54) is 12.1 Å². The molecule has 0 saturated carbocycles. The predicted molar refractivity (Wildman–Crippen MR) is 100 cm³/mol. The summed E-state index contributed by atoms with van der Waals surface area (Å²) in [4.78, 5) is 25.7. The summed E-state index contributed by atoms with van der Waals surface area (Å²) < 4.78 is 5.71. The zero-order valence-electron chi connectivity index (χ0n) is 15.7. The fourth-order valence-electron chi connectivity index (χ4n) is 3.60. The first kappa shape index (κ1) is 20.4. The Kier molecular flexibility index (Phi) is 6.12. The molecule has 3 rings (SSSR count). The lowest BCUT2D eigenvalue weighted by atomic mass is 9.82. The number of carbonyl (C=O) groups excluding carboxylic acids is 1. The van der Waals surface area contributed by atoms with E-state index in [0.29, 0.717) is 24.6 Å². The number of amides is 1. The first-order valence-corrected chi connectivity index (χ1v) is 9.39. The molecule has 10 heteroatoms. The van der Waals surface area contributed by atoms with Crippen LogP contribution in [0.5, 0.6) is 11.5 Å². The maximum absolute atomic E-state index is 12.4. The van der Waals surface area contributed by atoms with E-state index in [1.54, 1.807) is 4.90 Å². The van der Waals surface area contributed by atoms with Gasteiger partial charge in [-0.05, 0) is 43.3 Å². The molecule has 1 aromatic rings. The van der Waals surface area contributed by atoms with Gasteiger partial charge in [-0.2, -0.15) is 0 Å². The highest BCUT2D eigenvalue weighted by atomic mass is 16.5. The van der Waals surface area contributed by atoms with E-state index < -0.39 is 18.8 Å². The molecule has 0 bridgehead atoms. The number of aromatic hydroxyl groups is 1. The lowest BCUT2D eigenvalue weighted by Crippen LogP contribution is -2.59. The molecule has 0 radical (unpaired) electrons. The van der Waals surface area contributed by atoms with E-state index in [9.17, 15) is 19.8 Å². The smallest absolute Gasteiger partial charge is 0.451 e. The molecule has 0 aromatic heterocycles. The number of rotatable bonds is 7. The van der Waals surface area contributed by atoms with Gasteiger partial charge in [-0.25, -0.2) is 4.79 Å². The Morgan fingerprint density at radius 2 is 2.04 bits per heavy atom. The summed E-state index contributed by atoms with van der Waals surface area (Å²) in [6.45, 7) is 3.64. The molecular weight excluding hydrogens is 367 g/mol. The molecule has 2 atom stereocenters. The number of carboxylic acids is 1. The first-order valence-electron chi connectivity index (χ1n) is 9.39. The number of hydrogen-bond acceptors (Lipinski definition) is 7. The van der Waals surface area contributed by atoms with Crippen LogP contribution in [0.2, 0.25) is 6.32 Å². The summed E-state index contributed by atoms with van der Waals surface area (Å²) in [5.74, 6) is -1.25. The minimum Gasteiger partial charge on any atom is -0.507 e. The third kappa shape index (κ3) is 4.40. The number of carboxylic acid groups (broad SMARTS) is 1. The summed E-state index contributed by atoms with van der Waals surface area (Å²) in [5.41, 5.74) is -0.0642. The molecule has 1 amide bonds. The second-order valence-corrected chi connectivity index (χ2v) is 7.56. The number of likely N-dealkylation sites (tertiary alicyclic amines) is 1. The number of aromatic carboxylic acids is 1. The summed E-state index contributed by atoms with van der Waals surface area (Å²) in [7, 11) is -1.54. The van der Waals surface area contributed by atoms with Crippen molar-refractivity contribution in [3.63, 3.8) is 0 Å². The Balaban J connectivity index is 1.62. The van der Waals surface area contributed by atoms with Gasteiger partial charge in [-0.15, -0.1) is 0 Å². The summed E-state index contributed by atoms with van der Waals surface area (Å²) in [6.07, 6.45) is 0.551. The first-order chi connectivity index (χ1) is 13.3. The minimum atomic E-state index is -1.54. The Labute approximate surface area is 163 Å². The number of carbonyl (C=O) groups is 2. The average molecular weight is 392 g/mol. The number of aryl methyl sites for hydroxylation is 1. The van der Waals surface area contributed by atoms with E-state index in [2.05, 4.69) is 12.2 Å². The van der Waals surface area contributed by atoms with Crippen LogP contribution in [-0.4, -0.2) is 75.9 Å². The Morgan fingerprint density at radius 1 is 1.32 bits per heavy atom. The second kappa shape index (κ2) is 8.38. The number of ether oxygens (including phenoxy) is 1. The fraction of sp³-hybridized carbons (Fsp3) is 0.556. The highest BCUT2D eigenvalue weighted by molar-refractivity contribution is 6.41. The van der Waals surface area contributed by atoms with Gasteiger partial charge < -0.3 is 35.2 Å². The van der Waals surface area contributed by atoms with Crippen molar-refractivity contribution in [3.8, 4) is 11.5 Å². The van der Waals surface area contributed by atoms with Gasteiger partial charge >= 0.3 is 13.1 Å². The van der Waals surface area contributed by atoms with E-state index >= 15 is 0 Å². The standard InChI is InChI=1S/C18H25BN2O7/c1-10-6-13(20-7-10)17(23)21-8-12(9-21)28-14-3-2-11(4-5-19(26)27)16(22)15(14)18(24)25/h2-3,10,12-13,20,22,26-27H,4-9H2,1H3,(H,24,25)/t10-,13-/m0/s1. The van der Waals surface area contributed by atoms with Crippen LogP contribution in [0.15, 0.2) is 12.1 Å². The molecule has 152 valence electrons. The van der Waals surface area contributed by atoms with E-state index in [-0.39, 0.29) is 42.1 Å². The van der Waals surface area contributed by atoms with Crippen LogP contribution in [-0.2, 0) is 11.2 Å². The molecule has 0 spiro atoms. The van der Waals surface area contributed by atoms with E-state index in [1.807, 2.05) is 0 Å². The van der Waals surface area contributed by atoms with Crippen LogP contribution in [0.4, 0.5) is 0 Å².